The van der Waals surface area contributed by atoms with Gasteiger partial charge in [0.05, 0.1) is 5.75 Å². The molecule has 1 aromatic carbocycles. The van der Waals surface area contributed by atoms with E-state index in [4.69, 9.17) is 0 Å². The Bertz CT molecular complexity index is 752. The number of benzene rings is 1. The van der Waals surface area contributed by atoms with Gasteiger partial charge in [0, 0.05) is 19.1 Å². The zero-order valence-corrected chi connectivity index (χ0v) is 15.3. The molecule has 1 heterocycles. The lowest BCUT2D eigenvalue weighted by molar-refractivity contribution is -0.129. The largest absolute Gasteiger partial charge is 0.343 e. The summed E-state index contributed by atoms with van der Waals surface area (Å²) in [6.45, 7) is 3.37. The second-order valence-electron chi connectivity index (χ2n) is 6.34. The van der Waals surface area contributed by atoms with Crippen molar-refractivity contribution in [1.82, 2.24) is 19.7 Å². The molecule has 7 heteroatoms. The Hall–Kier alpha value is -2.02. The molecule has 1 aromatic heterocycles. The van der Waals surface area contributed by atoms with Crippen LogP contribution in [0.5, 0.6) is 0 Å². The Morgan fingerprint density at radius 2 is 2.12 bits per heavy atom. The molecule has 3 rings (SSSR count). The number of thioether (sulfide) groups is 1. The number of amides is 1. The molecule has 1 N–H and O–H groups in total. The van der Waals surface area contributed by atoms with Crippen molar-refractivity contribution in [2.24, 2.45) is 0 Å². The van der Waals surface area contributed by atoms with E-state index in [9.17, 15) is 9.59 Å². The highest BCUT2D eigenvalue weighted by molar-refractivity contribution is 7.99. The van der Waals surface area contributed by atoms with Gasteiger partial charge in [-0.3, -0.25) is 9.36 Å². The van der Waals surface area contributed by atoms with Crippen LogP contribution in [0.25, 0.3) is 0 Å². The van der Waals surface area contributed by atoms with Crippen molar-refractivity contribution in [2.45, 2.75) is 56.9 Å². The lowest BCUT2D eigenvalue weighted by Gasteiger charge is -2.22. The molecule has 0 spiro atoms. The van der Waals surface area contributed by atoms with Gasteiger partial charge in [-0.05, 0) is 24.8 Å². The summed E-state index contributed by atoms with van der Waals surface area (Å²) in [4.78, 5) is 26.5. The predicted octanol–water partition coefficient (Wildman–Crippen LogP) is 2.65. The topological polar surface area (TPSA) is 71.0 Å². The summed E-state index contributed by atoms with van der Waals surface area (Å²) in [6, 6.07) is 10.4. The normalized spacial score (nSPS) is 13.8. The summed E-state index contributed by atoms with van der Waals surface area (Å²) < 4.78 is 1.63. The van der Waals surface area contributed by atoms with E-state index in [1.807, 2.05) is 35.2 Å². The molecule has 1 saturated carbocycles. The summed E-state index contributed by atoms with van der Waals surface area (Å²) in [5, 5.41) is 7.15. The molecule has 0 unspecified atom stereocenters. The maximum absolute atomic E-state index is 12.7. The highest BCUT2D eigenvalue weighted by Gasteiger charge is 2.32. The van der Waals surface area contributed by atoms with Gasteiger partial charge in [0.2, 0.25) is 5.91 Å². The number of hydrogen-bond donors (Lipinski definition) is 1. The third-order valence-corrected chi connectivity index (χ3v) is 5.25. The van der Waals surface area contributed by atoms with Crippen molar-refractivity contribution in [3.63, 3.8) is 0 Å². The van der Waals surface area contributed by atoms with Gasteiger partial charge in [-0.15, -0.1) is 5.10 Å². The quantitative estimate of drug-likeness (QED) is 0.698. The molecular formula is C18H24N4O2S. The van der Waals surface area contributed by atoms with Crippen LogP contribution in [0.2, 0.25) is 0 Å². The van der Waals surface area contributed by atoms with Crippen molar-refractivity contribution < 1.29 is 4.79 Å². The molecular weight excluding hydrogens is 336 g/mol. The molecule has 1 fully saturated rings. The van der Waals surface area contributed by atoms with E-state index in [1.165, 1.54) is 11.8 Å². The molecule has 0 bridgehead atoms. The minimum Gasteiger partial charge on any atom is -0.335 e. The zero-order valence-electron chi connectivity index (χ0n) is 14.5. The van der Waals surface area contributed by atoms with Gasteiger partial charge in [-0.25, -0.2) is 9.89 Å². The van der Waals surface area contributed by atoms with E-state index < -0.39 is 0 Å². The third-order valence-electron chi connectivity index (χ3n) is 4.29. The van der Waals surface area contributed by atoms with E-state index >= 15 is 0 Å². The SMILES string of the molecule is CCCCn1c(SCC(=O)N(Cc2ccccc2)C2CC2)n[nH]c1=O. The van der Waals surface area contributed by atoms with Crippen LogP contribution in [-0.4, -0.2) is 37.4 Å². The third kappa shape index (κ3) is 4.75. The fraction of sp³-hybridized carbons (Fsp3) is 0.500. The summed E-state index contributed by atoms with van der Waals surface area (Å²) in [5.41, 5.74) is 0.944. The van der Waals surface area contributed by atoms with E-state index in [2.05, 4.69) is 17.1 Å². The van der Waals surface area contributed by atoms with Gasteiger partial charge in [0.25, 0.3) is 0 Å². The van der Waals surface area contributed by atoms with Crippen molar-refractivity contribution in [2.75, 3.05) is 5.75 Å². The smallest absolute Gasteiger partial charge is 0.335 e. The van der Waals surface area contributed by atoms with Crippen LogP contribution in [0.3, 0.4) is 0 Å². The summed E-state index contributed by atoms with van der Waals surface area (Å²) >= 11 is 1.34. The average molecular weight is 360 g/mol. The van der Waals surface area contributed by atoms with Crippen LogP contribution in [0.15, 0.2) is 40.3 Å². The average Bonchev–Trinajstić information content (AvgIpc) is 3.41. The van der Waals surface area contributed by atoms with E-state index in [-0.39, 0.29) is 11.6 Å². The second-order valence-corrected chi connectivity index (χ2v) is 7.29. The number of aromatic nitrogens is 3. The number of unbranched alkanes of at least 4 members (excludes halogenated alkanes) is 1. The molecule has 1 aliphatic rings. The van der Waals surface area contributed by atoms with Gasteiger partial charge in [0.15, 0.2) is 5.16 Å². The Balaban J connectivity index is 1.62. The number of nitrogens with one attached hydrogen (secondary N) is 1. The van der Waals surface area contributed by atoms with Gasteiger partial charge >= 0.3 is 5.69 Å². The second kappa shape index (κ2) is 8.38. The molecule has 0 saturated heterocycles. The van der Waals surface area contributed by atoms with Crippen LogP contribution >= 0.6 is 11.8 Å². The van der Waals surface area contributed by atoms with Crippen molar-refractivity contribution >= 4 is 17.7 Å². The molecule has 1 aliphatic carbocycles. The standard InChI is InChI=1S/C18H24N4O2S/c1-2-3-11-21-17(24)19-20-18(21)25-13-16(23)22(15-9-10-15)12-14-7-5-4-6-8-14/h4-8,15H,2-3,9-13H2,1H3,(H,19,24). The molecule has 25 heavy (non-hydrogen) atoms. The lowest BCUT2D eigenvalue weighted by atomic mass is 10.2. The van der Waals surface area contributed by atoms with Crippen molar-refractivity contribution in [3.05, 3.63) is 46.4 Å². The Morgan fingerprint density at radius 1 is 1.36 bits per heavy atom. The maximum atomic E-state index is 12.7. The minimum atomic E-state index is -0.202. The molecule has 0 atom stereocenters. The molecule has 2 aromatic rings. The fourth-order valence-corrected chi connectivity index (χ4v) is 3.58. The first kappa shape index (κ1) is 17.8. The van der Waals surface area contributed by atoms with Crippen LogP contribution in [0.4, 0.5) is 0 Å². The molecule has 0 aliphatic heterocycles. The first-order valence-electron chi connectivity index (χ1n) is 8.80. The van der Waals surface area contributed by atoms with E-state index in [0.717, 1.165) is 31.2 Å². The first-order valence-corrected chi connectivity index (χ1v) is 9.79. The maximum Gasteiger partial charge on any atom is 0.343 e. The zero-order chi connectivity index (χ0) is 17.6. The summed E-state index contributed by atoms with van der Waals surface area (Å²) in [6.07, 6.45) is 4.08. The van der Waals surface area contributed by atoms with Gasteiger partial charge in [-0.2, -0.15) is 0 Å². The molecule has 134 valence electrons. The number of hydrogen-bond acceptors (Lipinski definition) is 4. The summed E-state index contributed by atoms with van der Waals surface area (Å²) in [5.74, 6) is 0.411. The van der Waals surface area contributed by atoms with Gasteiger partial charge in [0.1, 0.15) is 0 Å². The number of rotatable bonds is 9. The number of nitrogens with zero attached hydrogens (tertiary/aromatic N) is 3. The molecule has 0 radical (unpaired) electrons. The first-order chi connectivity index (χ1) is 12.2. The van der Waals surface area contributed by atoms with Crippen molar-refractivity contribution in [1.29, 1.82) is 0 Å². The van der Waals surface area contributed by atoms with Crippen LogP contribution in [0.1, 0.15) is 38.2 Å². The number of carbonyl (C=O) groups is 1. The highest BCUT2D eigenvalue weighted by atomic mass is 32.2. The Labute approximate surface area is 151 Å². The van der Waals surface area contributed by atoms with E-state index in [1.54, 1.807) is 4.57 Å². The Kier molecular flexibility index (Phi) is 5.96. The monoisotopic (exact) mass is 360 g/mol. The molecule has 1 amide bonds. The van der Waals surface area contributed by atoms with Crippen LogP contribution < -0.4 is 5.69 Å². The van der Waals surface area contributed by atoms with Crippen LogP contribution in [-0.2, 0) is 17.9 Å². The fourth-order valence-electron chi connectivity index (χ4n) is 2.72. The number of carbonyl (C=O) groups excluding carboxylic acids is 1. The number of H-pyrrole nitrogens is 1. The van der Waals surface area contributed by atoms with Crippen LogP contribution in [0, 0.1) is 0 Å². The lowest BCUT2D eigenvalue weighted by Crippen LogP contribution is -2.34. The minimum absolute atomic E-state index is 0.105. The Morgan fingerprint density at radius 3 is 2.80 bits per heavy atom. The van der Waals surface area contributed by atoms with E-state index in [0.29, 0.717) is 30.0 Å². The summed E-state index contributed by atoms with van der Waals surface area (Å²) in [7, 11) is 0. The van der Waals surface area contributed by atoms with Crippen molar-refractivity contribution in [3.8, 4) is 0 Å². The highest BCUT2D eigenvalue weighted by Crippen LogP contribution is 2.29. The predicted molar refractivity (Wildman–Crippen MR) is 98.5 cm³/mol. The van der Waals surface area contributed by atoms with Gasteiger partial charge < -0.3 is 4.90 Å². The molecule has 6 nitrogen and oxygen atoms in total. The van der Waals surface area contributed by atoms with Gasteiger partial charge in [-0.1, -0.05) is 55.4 Å². The number of aromatic amines is 1.